The van der Waals surface area contributed by atoms with Crippen molar-refractivity contribution in [2.45, 2.75) is 51.0 Å². The third kappa shape index (κ3) is 4.47. The predicted octanol–water partition coefficient (Wildman–Crippen LogP) is 2.85. The molecule has 0 bridgehead atoms. The molecule has 2 fully saturated rings. The Labute approximate surface area is 114 Å². The summed E-state index contributed by atoms with van der Waals surface area (Å²) in [5.74, 6) is 2.42. The molecular weight excluding hydrogens is 246 g/mol. The fourth-order valence-electron chi connectivity index (χ4n) is 3.20. The molecule has 1 N–H and O–H groups in total. The van der Waals surface area contributed by atoms with E-state index in [1.807, 2.05) is 11.8 Å². The molecule has 0 aromatic carbocycles. The molecule has 2 rings (SSSR count). The van der Waals surface area contributed by atoms with Gasteiger partial charge in [-0.25, -0.2) is 0 Å². The lowest BCUT2D eigenvalue weighted by molar-refractivity contribution is -0.138. The molecule has 104 valence electrons. The number of hydrogen-bond donors (Lipinski definition) is 1. The zero-order valence-electron chi connectivity index (χ0n) is 11.1. The van der Waals surface area contributed by atoms with E-state index in [-0.39, 0.29) is 6.04 Å². The van der Waals surface area contributed by atoms with Gasteiger partial charge in [0.1, 0.15) is 0 Å². The minimum atomic E-state index is -0.648. The van der Waals surface area contributed by atoms with Crippen LogP contribution in [0.5, 0.6) is 0 Å². The highest BCUT2D eigenvalue weighted by Gasteiger charge is 2.25. The van der Waals surface area contributed by atoms with Crippen molar-refractivity contribution < 1.29 is 9.90 Å². The number of carbonyl (C=O) groups is 1. The van der Waals surface area contributed by atoms with Gasteiger partial charge in [-0.2, -0.15) is 11.8 Å². The first-order valence-corrected chi connectivity index (χ1v) is 8.45. The third-order valence-corrected chi connectivity index (χ3v) is 5.40. The van der Waals surface area contributed by atoms with Gasteiger partial charge in [-0.3, -0.25) is 9.69 Å². The summed E-state index contributed by atoms with van der Waals surface area (Å²) in [4.78, 5) is 13.3. The first kappa shape index (κ1) is 14.2. The highest BCUT2D eigenvalue weighted by molar-refractivity contribution is 7.99. The second-order valence-electron chi connectivity index (χ2n) is 5.66. The average Bonchev–Trinajstić information content (AvgIpc) is 2.38. The second kappa shape index (κ2) is 7.39. The summed E-state index contributed by atoms with van der Waals surface area (Å²) in [5.41, 5.74) is 0. The van der Waals surface area contributed by atoms with Crippen molar-refractivity contribution in [2.75, 3.05) is 24.6 Å². The molecule has 0 spiro atoms. The second-order valence-corrected chi connectivity index (χ2v) is 6.81. The number of rotatable bonds is 5. The Bertz CT molecular complexity index is 267. The minimum Gasteiger partial charge on any atom is -0.481 e. The van der Waals surface area contributed by atoms with Crippen LogP contribution >= 0.6 is 11.8 Å². The van der Waals surface area contributed by atoms with Crippen LogP contribution in [0, 0.1) is 5.92 Å². The molecule has 3 nitrogen and oxygen atoms in total. The van der Waals surface area contributed by atoms with Crippen LogP contribution in [0.25, 0.3) is 0 Å². The fourth-order valence-corrected chi connectivity index (χ4v) is 4.33. The van der Waals surface area contributed by atoms with Crippen molar-refractivity contribution in [3.8, 4) is 0 Å². The highest BCUT2D eigenvalue weighted by atomic mass is 32.2. The van der Waals surface area contributed by atoms with Gasteiger partial charge in [-0.15, -0.1) is 0 Å². The standard InChI is InChI=1S/C14H25NO2S/c16-14(17)10-13-11-18-9-8-15(13)7-6-12-4-2-1-3-5-12/h12-13H,1-11H2,(H,16,17). The lowest BCUT2D eigenvalue weighted by atomic mass is 9.87. The molecule has 0 aromatic rings. The summed E-state index contributed by atoms with van der Waals surface area (Å²) in [6.07, 6.45) is 8.60. The van der Waals surface area contributed by atoms with Crippen LogP contribution in [0.3, 0.4) is 0 Å². The number of aliphatic carboxylic acids is 1. The highest BCUT2D eigenvalue weighted by Crippen LogP contribution is 2.27. The van der Waals surface area contributed by atoms with Crippen LogP contribution in [0.2, 0.25) is 0 Å². The van der Waals surface area contributed by atoms with E-state index in [1.54, 1.807) is 0 Å². The van der Waals surface area contributed by atoms with E-state index < -0.39 is 5.97 Å². The maximum Gasteiger partial charge on any atom is 0.304 e. The van der Waals surface area contributed by atoms with Gasteiger partial charge in [0.2, 0.25) is 0 Å². The maximum atomic E-state index is 10.9. The number of nitrogens with zero attached hydrogens (tertiary/aromatic N) is 1. The van der Waals surface area contributed by atoms with Gasteiger partial charge in [0, 0.05) is 24.1 Å². The number of carboxylic acids is 1. The molecule has 1 aliphatic carbocycles. The molecular formula is C14H25NO2S. The third-order valence-electron chi connectivity index (χ3n) is 4.31. The van der Waals surface area contributed by atoms with Gasteiger partial charge in [0.25, 0.3) is 0 Å². The van der Waals surface area contributed by atoms with Crippen LogP contribution in [-0.2, 0) is 4.79 Å². The van der Waals surface area contributed by atoms with Gasteiger partial charge in [0.15, 0.2) is 0 Å². The van der Waals surface area contributed by atoms with Crippen molar-refractivity contribution in [3.63, 3.8) is 0 Å². The normalized spacial score (nSPS) is 27.2. The number of carboxylic acid groups (broad SMARTS) is 1. The van der Waals surface area contributed by atoms with E-state index in [9.17, 15) is 4.79 Å². The first-order valence-electron chi connectivity index (χ1n) is 7.29. The Morgan fingerprint density at radius 2 is 2.06 bits per heavy atom. The molecule has 0 amide bonds. The summed E-state index contributed by atoms with van der Waals surface area (Å²) < 4.78 is 0. The van der Waals surface area contributed by atoms with E-state index in [4.69, 9.17) is 5.11 Å². The minimum absolute atomic E-state index is 0.268. The van der Waals surface area contributed by atoms with Gasteiger partial charge in [-0.1, -0.05) is 32.1 Å². The van der Waals surface area contributed by atoms with E-state index >= 15 is 0 Å². The molecule has 1 aliphatic heterocycles. The summed E-state index contributed by atoms with van der Waals surface area (Å²) in [7, 11) is 0. The molecule has 1 saturated heterocycles. The lowest BCUT2D eigenvalue weighted by Crippen LogP contribution is -2.44. The van der Waals surface area contributed by atoms with Crippen molar-refractivity contribution in [1.82, 2.24) is 4.90 Å². The Hall–Kier alpha value is -0.220. The van der Waals surface area contributed by atoms with Crippen molar-refractivity contribution >= 4 is 17.7 Å². The largest absolute Gasteiger partial charge is 0.481 e. The molecule has 0 aromatic heterocycles. The molecule has 0 radical (unpaired) electrons. The monoisotopic (exact) mass is 271 g/mol. The zero-order valence-corrected chi connectivity index (χ0v) is 12.0. The van der Waals surface area contributed by atoms with Gasteiger partial charge >= 0.3 is 5.97 Å². The number of thioether (sulfide) groups is 1. The Morgan fingerprint density at radius 3 is 2.78 bits per heavy atom. The Balaban J connectivity index is 1.75. The van der Waals surface area contributed by atoms with E-state index in [2.05, 4.69) is 4.90 Å². The lowest BCUT2D eigenvalue weighted by Gasteiger charge is -2.35. The molecule has 2 aliphatic rings. The smallest absolute Gasteiger partial charge is 0.304 e. The Morgan fingerprint density at radius 1 is 1.28 bits per heavy atom. The van der Waals surface area contributed by atoms with Crippen LogP contribution in [0.1, 0.15) is 44.9 Å². The quantitative estimate of drug-likeness (QED) is 0.835. The Kier molecular flexibility index (Phi) is 5.83. The van der Waals surface area contributed by atoms with Crippen molar-refractivity contribution in [2.24, 2.45) is 5.92 Å². The van der Waals surface area contributed by atoms with Gasteiger partial charge in [0.05, 0.1) is 6.42 Å². The SMILES string of the molecule is O=C(O)CC1CSCCN1CCC1CCCCC1. The first-order chi connectivity index (χ1) is 8.75. The molecule has 1 saturated carbocycles. The van der Waals surface area contributed by atoms with Crippen molar-refractivity contribution in [3.05, 3.63) is 0 Å². The van der Waals surface area contributed by atoms with Gasteiger partial charge in [-0.05, 0) is 18.9 Å². The molecule has 1 heterocycles. The summed E-state index contributed by atoms with van der Waals surface area (Å²) in [5, 5.41) is 8.96. The van der Waals surface area contributed by atoms with E-state index in [0.29, 0.717) is 6.42 Å². The zero-order chi connectivity index (χ0) is 12.8. The van der Waals surface area contributed by atoms with E-state index in [1.165, 1.54) is 44.3 Å². The van der Waals surface area contributed by atoms with Crippen LogP contribution in [0.4, 0.5) is 0 Å². The topological polar surface area (TPSA) is 40.5 Å². The maximum absolute atomic E-state index is 10.9. The fraction of sp³-hybridized carbons (Fsp3) is 0.929. The van der Waals surface area contributed by atoms with Crippen LogP contribution < -0.4 is 0 Å². The number of hydrogen-bond acceptors (Lipinski definition) is 3. The van der Waals surface area contributed by atoms with Crippen LogP contribution in [0.15, 0.2) is 0 Å². The van der Waals surface area contributed by atoms with Gasteiger partial charge < -0.3 is 5.11 Å². The molecule has 1 atom stereocenters. The summed E-state index contributed by atoms with van der Waals surface area (Å²) in [6.45, 7) is 2.19. The summed E-state index contributed by atoms with van der Waals surface area (Å²) >= 11 is 1.91. The molecule has 1 unspecified atom stereocenters. The van der Waals surface area contributed by atoms with Crippen LogP contribution in [-0.4, -0.2) is 46.6 Å². The molecule has 18 heavy (non-hydrogen) atoms. The average molecular weight is 271 g/mol. The predicted molar refractivity (Wildman–Crippen MR) is 76.1 cm³/mol. The molecule has 4 heteroatoms. The van der Waals surface area contributed by atoms with Crippen molar-refractivity contribution in [1.29, 1.82) is 0 Å². The summed E-state index contributed by atoms with van der Waals surface area (Å²) in [6, 6.07) is 0.268. The van der Waals surface area contributed by atoms with E-state index in [0.717, 1.165) is 24.8 Å².